The lowest BCUT2D eigenvalue weighted by Gasteiger charge is -2.10. The Balaban J connectivity index is 2.90. The second kappa shape index (κ2) is 6.58. The van der Waals surface area contributed by atoms with Crippen LogP contribution in [0.25, 0.3) is 10.9 Å². The van der Waals surface area contributed by atoms with Gasteiger partial charge in [-0.3, -0.25) is 4.72 Å². The Hall–Kier alpha value is -2.07. The highest BCUT2D eigenvalue weighted by Crippen LogP contribution is 2.33. The third-order valence-corrected chi connectivity index (χ3v) is 5.40. The summed E-state index contributed by atoms with van der Waals surface area (Å²) in [6.07, 6.45) is 1.66. The highest BCUT2D eigenvalue weighted by molar-refractivity contribution is 7.92. The molecule has 0 radical (unpaired) electrons. The van der Waals surface area contributed by atoms with Crippen LogP contribution in [-0.4, -0.2) is 45.4 Å². The van der Waals surface area contributed by atoms with Gasteiger partial charge in [-0.1, -0.05) is 0 Å². The Morgan fingerprint density at radius 3 is 2.15 bits per heavy atom. The van der Waals surface area contributed by atoms with E-state index >= 15 is 0 Å². The average molecular weight is 402 g/mol. The molecule has 2 aromatic rings. The van der Waals surface area contributed by atoms with E-state index in [1.165, 1.54) is 19.1 Å². The van der Waals surface area contributed by atoms with Crippen LogP contribution in [0.5, 0.6) is 0 Å². The van der Waals surface area contributed by atoms with E-state index in [1.54, 1.807) is 20.8 Å². The first-order valence-corrected chi connectivity index (χ1v) is 11.5. The zero-order chi connectivity index (χ0) is 20.0. The van der Waals surface area contributed by atoms with Crippen LogP contribution in [-0.2, 0) is 24.8 Å². The van der Waals surface area contributed by atoms with Crippen molar-refractivity contribution in [2.45, 2.75) is 33.8 Å². The SMILES string of the molecule is Cc1cc2c(cc1NS(C)(=O)=O)c(C(=O)OC(C)C)c(C)n2S(C)(=O)=O. The van der Waals surface area contributed by atoms with Gasteiger partial charge in [0.1, 0.15) is 0 Å². The second-order valence-corrected chi connectivity index (χ2v) is 10.1. The Morgan fingerprint density at radius 1 is 1.12 bits per heavy atom. The lowest BCUT2D eigenvalue weighted by Crippen LogP contribution is -2.15. The quantitative estimate of drug-likeness (QED) is 0.766. The molecule has 26 heavy (non-hydrogen) atoms. The molecular weight excluding hydrogens is 380 g/mol. The standard InChI is InChI=1S/C16H22N2O6S2/c1-9(2)24-16(19)15-11(4)18(26(6,22)23)14-7-10(3)13(8-12(14)15)17-25(5,20)21/h7-9,17H,1-6H3. The molecule has 0 fully saturated rings. The van der Waals surface area contributed by atoms with Gasteiger partial charge in [0, 0.05) is 11.1 Å². The van der Waals surface area contributed by atoms with Crippen molar-refractivity contribution in [1.29, 1.82) is 0 Å². The average Bonchev–Trinajstić information content (AvgIpc) is 2.67. The van der Waals surface area contributed by atoms with Crippen LogP contribution < -0.4 is 4.72 Å². The molecule has 1 heterocycles. The number of nitrogens with one attached hydrogen (secondary N) is 1. The maximum absolute atomic E-state index is 12.5. The van der Waals surface area contributed by atoms with Gasteiger partial charge in [-0.25, -0.2) is 25.6 Å². The predicted molar refractivity (Wildman–Crippen MR) is 101 cm³/mol. The van der Waals surface area contributed by atoms with E-state index in [4.69, 9.17) is 4.74 Å². The minimum absolute atomic E-state index is 0.0932. The number of rotatable bonds is 5. The first-order chi connectivity index (χ1) is 11.7. The molecule has 0 aliphatic heterocycles. The maximum Gasteiger partial charge on any atom is 0.340 e. The van der Waals surface area contributed by atoms with Crippen LogP contribution in [0.4, 0.5) is 5.69 Å². The number of esters is 1. The van der Waals surface area contributed by atoms with E-state index in [-0.39, 0.29) is 22.5 Å². The summed E-state index contributed by atoms with van der Waals surface area (Å²) in [6, 6.07) is 2.99. The number of hydrogen-bond acceptors (Lipinski definition) is 6. The van der Waals surface area contributed by atoms with Crippen molar-refractivity contribution in [3.63, 3.8) is 0 Å². The number of ether oxygens (including phenoxy) is 1. The number of benzene rings is 1. The molecule has 2 rings (SSSR count). The molecule has 0 saturated heterocycles. The van der Waals surface area contributed by atoms with Crippen LogP contribution in [0.15, 0.2) is 12.1 Å². The summed E-state index contributed by atoms with van der Waals surface area (Å²) in [5, 5.41) is 0.301. The molecule has 0 atom stereocenters. The topological polar surface area (TPSA) is 112 Å². The highest BCUT2D eigenvalue weighted by atomic mass is 32.2. The third kappa shape index (κ3) is 4.01. The fourth-order valence-corrected chi connectivity index (χ4v) is 4.52. The van der Waals surface area contributed by atoms with Gasteiger partial charge < -0.3 is 4.74 Å². The number of fused-ring (bicyclic) bond motifs is 1. The van der Waals surface area contributed by atoms with Gasteiger partial charge in [0.05, 0.1) is 35.4 Å². The highest BCUT2D eigenvalue weighted by Gasteiger charge is 2.26. The molecule has 0 aliphatic rings. The van der Waals surface area contributed by atoms with Crippen molar-refractivity contribution in [3.05, 3.63) is 29.0 Å². The van der Waals surface area contributed by atoms with Crippen LogP contribution >= 0.6 is 0 Å². The maximum atomic E-state index is 12.5. The Labute approximate surface area is 153 Å². The monoisotopic (exact) mass is 402 g/mol. The zero-order valence-corrected chi connectivity index (χ0v) is 17.1. The van der Waals surface area contributed by atoms with Crippen molar-refractivity contribution in [3.8, 4) is 0 Å². The van der Waals surface area contributed by atoms with Crippen molar-refractivity contribution >= 4 is 42.6 Å². The van der Waals surface area contributed by atoms with Gasteiger partial charge in [0.25, 0.3) is 0 Å². The molecular formula is C16H22N2O6S2. The van der Waals surface area contributed by atoms with Crippen LogP contribution in [0.2, 0.25) is 0 Å². The van der Waals surface area contributed by atoms with Crippen LogP contribution in [0.3, 0.4) is 0 Å². The summed E-state index contributed by atoms with van der Waals surface area (Å²) in [5.41, 5.74) is 1.38. The summed E-state index contributed by atoms with van der Waals surface area (Å²) in [5.74, 6) is -0.668. The van der Waals surface area contributed by atoms with Crippen molar-refractivity contribution < 1.29 is 26.4 Å². The first-order valence-electron chi connectivity index (χ1n) is 7.77. The van der Waals surface area contributed by atoms with Crippen LogP contribution in [0.1, 0.15) is 35.5 Å². The van der Waals surface area contributed by atoms with Gasteiger partial charge >= 0.3 is 5.97 Å². The van der Waals surface area contributed by atoms with Crippen LogP contribution in [0, 0.1) is 13.8 Å². The Morgan fingerprint density at radius 2 is 1.69 bits per heavy atom. The largest absolute Gasteiger partial charge is 0.459 e. The minimum atomic E-state index is -3.70. The molecule has 1 aromatic heterocycles. The lowest BCUT2D eigenvalue weighted by molar-refractivity contribution is 0.0379. The number of nitrogens with zero attached hydrogens (tertiary/aromatic N) is 1. The molecule has 144 valence electrons. The third-order valence-electron chi connectivity index (χ3n) is 3.67. The van der Waals surface area contributed by atoms with Crippen molar-refractivity contribution in [1.82, 2.24) is 3.97 Å². The van der Waals surface area contributed by atoms with E-state index in [9.17, 15) is 21.6 Å². The fourth-order valence-electron chi connectivity index (χ4n) is 2.81. The van der Waals surface area contributed by atoms with E-state index in [2.05, 4.69) is 4.72 Å². The minimum Gasteiger partial charge on any atom is -0.459 e. The number of carbonyl (C=O) groups is 1. The van der Waals surface area contributed by atoms with E-state index < -0.39 is 32.1 Å². The first kappa shape index (κ1) is 20.2. The summed E-state index contributed by atoms with van der Waals surface area (Å²) in [4.78, 5) is 12.5. The van der Waals surface area contributed by atoms with E-state index in [1.807, 2.05) is 0 Å². The van der Waals surface area contributed by atoms with Gasteiger partial charge in [0.15, 0.2) is 0 Å². The normalized spacial score (nSPS) is 12.6. The van der Waals surface area contributed by atoms with Gasteiger partial charge in [0.2, 0.25) is 20.0 Å². The predicted octanol–water partition coefficient (Wildman–Crippen LogP) is 2.00. The van der Waals surface area contributed by atoms with E-state index in [0.29, 0.717) is 10.9 Å². The molecule has 0 amide bonds. The molecule has 0 bridgehead atoms. The van der Waals surface area contributed by atoms with Gasteiger partial charge in [-0.2, -0.15) is 0 Å². The lowest BCUT2D eigenvalue weighted by atomic mass is 10.1. The number of anilines is 1. The molecule has 8 nitrogen and oxygen atoms in total. The molecule has 10 heteroatoms. The summed E-state index contributed by atoms with van der Waals surface area (Å²) in [6.45, 7) is 6.53. The molecule has 0 saturated carbocycles. The molecule has 0 unspecified atom stereocenters. The smallest absolute Gasteiger partial charge is 0.340 e. The molecule has 1 aromatic carbocycles. The van der Waals surface area contributed by atoms with Gasteiger partial charge in [-0.05, 0) is 45.4 Å². The molecule has 0 spiro atoms. The number of aromatic nitrogens is 1. The van der Waals surface area contributed by atoms with E-state index in [0.717, 1.165) is 16.5 Å². The number of carbonyl (C=O) groups excluding carboxylic acids is 1. The summed E-state index contributed by atoms with van der Waals surface area (Å²) < 4.78 is 56.3. The molecule has 1 N–H and O–H groups in total. The molecule has 0 aliphatic carbocycles. The fraction of sp³-hybridized carbons (Fsp3) is 0.438. The summed E-state index contributed by atoms with van der Waals surface area (Å²) in [7, 11) is -7.24. The number of hydrogen-bond donors (Lipinski definition) is 1. The zero-order valence-electron chi connectivity index (χ0n) is 15.4. The summed E-state index contributed by atoms with van der Waals surface area (Å²) >= 11 is 0. The van der Waals surface area contributed by atoms with Crippen molar-refractivity contribution in [2.24, 2.45) is 0 Å². The number of aryl methyl sites for hydroxylation is 1. The second-order valence-electron chi connectivity index (χ2n) is 6.50. The Kier molecular flexibility index (Phi) is 5.13. The van der Waals surface area contributed by atoms with Crippen molar-refractivity contribution in [2.75, 3.05) is 17.2 Å². The number of sulfonamides is 1. The van der Waals surface area contributed by atoms with Gasteiger partial charge in [-0.15, -0.1) is 0 Å². The Bertz CT molecular complexity index is 1100.